The van der Waals surface area contributed by atoms with Gasteiger partial charge in [-0.05, 0) is 60.9 Å². The lowest BCUT2D eigenvalue weighted by Gasteiger charge is -2.06. The highest BCUT2D eigenvalue weighted by molar-refractivity contribution is 6.02. The predicted molar refractivity (Wildman–Crippen MR) is 91.0 cm³/mol. The normalized spacial score (nSPS) is 10.7. The summed E-state index contributed by atoms with van der Waals surface area (Å²) in [6.45, 7) is 4.00. The Hall–Kier alpha value is -2.75. The Kier molecular flexibility index (Phi) is 4.84. The summed E-state index contributed by atoms with van der Waals surface area (Å²) in [5.74, 6) is 0.441. The fraction of sp³-hybridized carbons (Fsp3) is 0.167. The molecule has 0 saturated carbocycles. The van der Waals surface area contributed by atoms with Crippen molar-refractivity contribution in [2.75, 3.05) is 18.2 Å². The lowest BCUT2D eigenvalue weighted by atomic mass is 10.1. The topological polar surface area (TPSA) is 64.3 Å². The van der Waals surface area contributed by atoms with E-state index in [0.29, 0.717) is 11.4 Å². The summed E-state index contributed by atoms with van der Waals surface area (Å²) >= 11 is 0. The van der Waals surface area contributed by atoms with Crippen LogP contribution in [0.1, 0.15) is 16.7 Å². The number of nitrogens with one attached hydrogen (secondary N) is 1. The first-order valence-electron chi connectivity index (χ1n) is 6.99. The number of nitrogens with two attached hydrogens (primary N) is 1. The Balaban J connectivity index is 2.06. The number of hydrogen-bond acceptors (Lipinski definition) is 3. The van der Waals surface area contributed by atoms with Crippen molar-refractivity contribution in [1.82, 2.24) is 0 Å². The number of nitrogen functional groups attached to an aromatic ring is 1. The third-order valence-electron chi connectivity index (χ3n) is 3.17. The maximum Gasteiger partial charge on any atom is 0.248 e. The van der Waals surface area contributed by atoms with E-state index in [1.807, 2.05) is 32.0 Å². The van der Waals surface area contributed by atoms with E-state index in [9.17, 15) is 4.79 Å². The molecule has 0 bridgehead atoms. The molecule has 4 heteroatoms. The first-order valence-corrected chi connectivity index (χ1v) is 6.99. The maximum atomic E-state index is 12.0. The summed E-state index contributed by atoms with van der Waals surface area (Å²) in [5.41, 5.74) is 10.2. The van der Waals surface area contributed by atoms with Gasteiger partial charge >= 0.3 is 0 Å². The number of amides is 1. The number of carbonyl (C=O) groups is 1. The smallest absolute Gasteiger partial charge is 0.248 e. The van der Waals surface area contributed by atoms with E-state index in [-0.39, 0.29) is 5.91 Å². The molecule has 0 aliphatic heterocycles. The molecule has 2 rings (SSSR count). The molecule has 0 spiro atoms. The molecule has 22 heavy (non-hydrogen) atoms. The van der Waals surface area contributed by atoms with Crippen LogP contribution in [-0.2, 0) is 4.79 Å². The number of carbonyl (C=O) groups excluding carboxylic acids is 1. The van der Waals surface area contributed by atoms with Crippen LogP contribution in [0.4, 0.5) is 11.4 Å². The van der Waals surface area contributed by atoms with Crippen LogP contribution in [0.25, 0.3) is 6.08 Å². The largest absolute Gasteiger partial charge is 0.495 e. The standard InChI is InChI=1S/C18H20N2O2/c1-12-8-13(2)10-15(9-12)20-18(21)7-5-14-4-6-17(22-3)16(19)11-14/h4-11H,19H2,1-3H3,(H,20,21)/b7-5+. The average molecular weight is 296 g/mol. The van der Waals surface area contributed by atoms with Gasteiger partial charge in [-0.3, -0.25) is 4.79 Å². The zero-order chi connectivity index (χ0) is 16.1. The van der Waals surface area contributed by atoms with Gasteiger partial charge < -0.3 is 15.8 Å². The molecule has 0 heterocycles. The van der Waals surface area contributed by atoms with Gasteiger partial charge in [0.05, 0.1) is 12.8 Å². The van der Waals surface area contributed by atoms with Crippen molar-refractivity contribution >= 4 is 23.4 Å². The molecule has 0 atom stereocenters. The van der Waals surface area contributed by atoms with E-state index >= 15 is 0 Å². The van der Waals surface area contributed by atoms with Crippen molar-refractivity contribution < 1.29 is 9.53 Å². The van der Waals surface area contributed by atoms with E-state index < -0.39 is 0 Å². The quantitative estimate of drug-likeness (QED) is 0.670. The number of anilines is 2. The number of ether oxygens (including phenoxy) is 1. The van der Waals surface area contributed by atoms with Gasteiger partial charge in [0.25, 0.3) is 0 Å². The number of rotatable bonds is 4. The molecule has 0 fully saturated rings. The number of benzene rings is 2. The second kappa shape index (κ2) is 6.80. The summed E-state index contributed by atoms with van der Waals surface area (Å²) < 4.78 is 5.10. The SMILES string of the molecule is COc1ccc(/C=C/C(=O)Nc2cc(C)cc(C)c2)cc1N. The Morgan fingerprint density at radius 3 is 2.41 bits per heavy atom. The van der Waals surface area contributed by atoms with Gasteiger partial charge in [0.2, 0.25) is 5.91 Å². The molecular weight excluding hydrogens is 276 g/mol. The second-order valence-electron chi connectivity index (χ2n) is 5.20. The fourth-order valence-electron chi connectivity index (χ4n) is 2.26. The van der Waals surface area contributed by atoms with Crippen LogP contribution in [0.5, 0.6) is 5.75 Å². The number of methoxy groups -OCH3 is 1. The van der Waals surface area contributed by atoms with Gasteiger partial charge in [-0.15, -0.1) is 0 Å². The highest BCUT2D eigenvalue weighted by atomic mass is 16.5. The summed E-state index contributed by atoms with van der Waals surface area (Å²) in [6, 6.07) is 11.3. The van der Waals surface area contributed by atoms with Gasteiger partial charge in [-0.1, -0.05) is 12.1 Å². The van der Waals surface area contributed by atoms with Gasteiger partial charge in [-0.25, -0.2) is 0 Å². The molecule has 0 saturated heterocycles. The molecule has 0 aromatic heterocycles. The molecule has 1 amide bonds. The van der Waals surface area contributed by atoms with Crippen LogP contribution in [0.2, 0.25) is 0 Å². The Bertz CT molecular complexity index is 701. The van der Waals surface area contributed by atoms with Crippen molar-refractivity contribution in [2.45, 2.75) is 13.8 Å². The minimum Gasteiger partial charge on any atom is -0.495 e. The molecular formula is C18H20N2O2. The Labute approximate surface area is 130 Å². The van der Waals surface area contributed by atoms with Crippen molar-refractivity contribution in [3.63, 3.8) is 0 Å². The molecule has 3 N–H and O–H groups in total. The third-order valence-corrected chi connectivity index (χ3v) is 3.17. The summed E-state index contributed by atoms with van der Waals surface area (Å²) in [5, 5.41) is 2.85. The van der Waals surface area contributed by atoms with Gasteiger partial charge in [0, 0.05) is 11.8 Å². The zero-order valence-corrected chi connectivity index (χ0v) is 13.0. The van der Waals surface area contributed by atoms with E-state index in [1.54, 1.807) is 25.3 Å². The molecule has 114 valence electrons. The molecule has 0 radical (unpaired) electrons. The molecule has 2 aromatic carbocycles. The fourth-order valence-corrected chi connectivity index (χ4v) is 2.26. The lowest BCUT2D eigenvalue weighted by Crippen LogP contribution is -2.08. The van der Waals surface area contributed by atoms with E-state index in [1.165, 1.54) is 6.08 Å². The monoisotopic (exact) mass is 296 g/mol. The van der Waals surface area contributed by atoms with Gasteiger partial charge in [0.15, 0.2) is 0 Å². The summed E-state index contributed by atoms with van der Waals surface area (Å²) in [4.78, 5) is 12.0. The second-order valence-corrected chi connectivity index (χ2v) is 5.20. The van der Waals surface area contributed by atoms with Crippen LogP contribution in [-0.4, -0.2) is 13.0 Å². The van der Waals surface area contributed by atoms with Crippen LogP contribution in [0, 0.1) is 13.8 Å². The first kappa shape index (κ1) is 15.6. The Morgan fingerprint density at radius 2 is 1.82 bits per heavy atom. The van der Waals surface area contributed by atoms with E-state index in [0.717, 1.165) is 22.4 Å². The highest BCUT2D eigenvalue weighted by Crippen LogP contribution is 2.22. The molecule has 0 aliphatic carbocycles. The minimum absolute atomic E-state index is 0.181. The zero-order valence-electron chi connectivity index (χ0n) is 13.0. The summed E-state index contributed by atoms with van der Waals surface area (Å²) in [6.07, 6.45) is 3.20. The third kappa shape index (κ3) is 4.12. The molecule has 4 nitrogen and oxygen atoms in total. The molecule has 0 aliphatic rings. The first-order chi connectivity index (χ1) is 10.5. The lowest BCUT2D eigenvalue weighted by molar-refractivity contribution is -0.111. The Morgan fingerprint density at radius 1 is 1.14 bits per heavy atom. The molecule has 2 aromatic rings. The van der Waals surface area contributed by atoms with Crippen molar-refractivity contribution in [1.29, 1.82) is 0 Å². The highest BCUT2D eigenvalue weighted by Gasteiger charge is 2.01. The van der Waals surface area contributed by atoms with Crippen molar-refractivity contribution in [3.05, 3.63) is 59.2 Å². The van der Waals surface area contributed by atoms with E-state index in [2.05, 4.69) is 11.4 Å². The molecule has 0 unspecified atom stereocenters. The number of hydrogen-bond donors (Lipinski definition) is 2. The van der Waals surface area contributed by atoms with E-state index in [4.69, 9.17) is 10.5 Å². The number of aryl methyl sites for hydroxylation is 2. The minimum atomic E-state index is -0.181. The van der Waals surface area contributed by atoms with Crippen molar-refractivity contribution in [3.8, 4) is 5.75 Å². The predicted octanol–water partition coefficient (Wildman–Crippen LogP) is 3.55. The van der Waals surface area contributed by atoms with Crippen molar-refractivity contribution in [2.24, 2.45) is 0 Å². The van der Waals surface area contributed by atoms with Crippen LogP contribution in [0.3, 0.4) is 0 Å². The van der Waals surface area contributed by atoms with Crippen LogP contribution in [0.15, 0.2) is 42.5 Å². The van der Waals surface area contributed by atoms with Crippen LogP contribution < -0.4 is 15.8 Å². The van der Waals surface area contributed by atoms with Gasteiger partial charge in [0.1, 0.15) is 5.75 Å². The van der Waals surface area contributed by atoms with Crippen LogP contribution >= 0.6 is 0 Å². The average Bonchev–Trinajstić information content (AvgIpc) is 2.44. The maximum absolute atomic E-state index is 12.0. The summed E-state index contributed by atoms with van der Waals surface area (Å²) in [7, 11) is 1.57. The van der Waals surface area contributed by atoms with Gasteiger partial charge in [-0.2, -0.15) is 0 Å².